The quantitative estimate of drug-likeness (QED) is 0.875. The Kier molecular flexibility index (Phi) is 5.18. The van der Waals surface area contributed by atoms with Gasteiger partial charge in [-0.15, -0.1) is 0 Å². The Hall–Kier alpha value is -2.18. The van der Waals surface area contributed by atoms with Crippen molar-refractivity contribution in [3.05, 3.63) is 65.2 Å². The van der Waals surface area contributed by atoms with Gasteiger partial charge in [0.05, 0.1) is 11.0 Å². The summed E-state index contributed by atoms with van der Waals surface area (Å²) >= 11 is 0. The molecule has 0 bridgehead atoms. The average molecular weight is 333 g/mol. The van der Waals surface area contributed by atoms with Crippen molar-refractivity contribution in [3.8, 4) is 0 Å². The van der Waals surface area contributed by atoms with Crippen molar-refractivity contribution in [3.63, 3.8) is 0 Å². The predicted molar refractivity (Wildman–Crippen MR) is 88.0 cm³/mol. The third kappa shape index (κ3) is 4.40. The summed E-state index contributed by atoms with van der Waals surface area (Å²) in [6.07, 6.45) is 0.316. The van der Waals surface area contributed by atoms with Crippen LogP contribution in [0.25, 0.3) is 0 Å². The number of aryl methyl sites for hydroxylation is 1. The van der Waals surface area contributed by atoms with Crippen molar-refractivity contribution in [2.24, 2.45) is 0 Å². The van der Waals surface area contributed by atoms with E-state index in [2.05, 4.69) is 5.32 Å². The molecule has 2 aromatic rings. The molecule has 0 saturated carbocycles. The number of nitrogens with one attached hydrogen (secondary N) is 1. The van der Waals surface area contributed by atoms with Gasteiger partial charge in [-0.2, -0.15) is 0 Å². The molecule has 5 nitrogen and oxygen atoms in total. The number of sulfone groups is 1. The van der Waals surface area contributed by atoms with Gasteiger partial charge >= 0.3 is 0 Å². The van der Waals surface area contributed by atoms with Crippen LogP contribution < -0.4 is 5.32 Å². The normalized spacial score (nSPS) is 12.7. The van der Waals surface area contributed by atoms with Gasteiger partial charge in [-0.05, 0) is 42.3 Å². The summed E-state index contributed by atoms with van der Waals surface area (Å²) in [5.74, 6) is -0.363. The fourth-order valence-corrected chi connectivity index (χ4v) is 2.85. The number of carbonyl (C=O) groups is 1. The van der Waals surface area contributed by atoms with Gasteiger partial charge in [0.15, 0.2) is 9.84 Å². The molecule has 0 aliphatic heterocycles. The van der Waals surface area contributed by atoms with Gasteiger partial charge in [-0.1, -0.05) is 24.3 Å². The summed E-state index contributed by atoms with van der Waals surface area (Å²) < 4.78 is 22.8. The van der Waals surface area contributed by atoms with Crippen LogP contribution in [0.5, 0.6) is 0 Å². The molecule has 0 saturated heterocycles. The molecule has 2 N–H and O–H groups in total. The predicted octanol–water partition coefficient (Wildman–Crippen LogP) is 1.86. The molecule has 0 unspecified atom stereocenters. The third-order valence-electron chi connectivity index (χ3n) is 3.55. The Labute approximate surface area is 135 Å². The molecule has 23 heavy (non-hydrogen) atoms. The summed E-state index contributed by atoms with van der Waals surface area (Å²) in [6.45, 7) is 1.97. The van der Waals surface area contributed by atoms with E-state index in [0.29, 0.717) is 5.56 Å². The van der Waals surface area contributed by atoms with E-state index in [1.54, 1.807) is 0 Å². The van der Waals surface area contributed by atoms with E-state index in [-0.39, 0.29) is 17.3 Å². The van der Waals surface area contributed by atoms with Crippen LogP contribution in [0.2, 0.25) is 0 Å². The molecule has 122 valence electrons. The lowest BCUT2D eigenvalue weighted by atomic mass is 10.0. The lowest BCUT2D eigenvalue weighted by Crippen LogP contribution is -2.28. The highest BCUT2D eigenvalue weighted by molar-refractivity contribution is 7.90. The average Bonchev–Trinajstić information content (AvgIpc) is 2.52. The highest BCUT2D eigenvalue weighted by Crippen LogP contribution is 2.16. The Morgan fingerprint density at radius 1 is 1.13 bits per heavy atom. The monoisotopic (exact) mass is 333 g/mol. The molecule has 0 aliphatic rings. The fraction of sp³-hybridized carbons (Fsp3) is 0.235. The zero-order chi connectivity index (χ0) is 17.0. The van der Waals surface area contributed by atoms with Crippen LogP contribution in [-0.4, -0.2) is 32.2 Å². The second-order valence-corrected chi connectivity index (χ2v) is 7.39. The van der Waals surface area contributed by atoms with E-state index in [4.69, 9.17) is 0 Å². The van der Waals surface area contributed by atoms with Gasteiger partial charge in [-0.3, -0.25) is 4.79 Å². The van der Waals surface area contributed by atoms with E-state index in [1.165, 1.54) is 24.3 Å². The van der Waals surface area contributed by atoms with E-state index < -0.39 is 15.9 Å². The van der Waals surface area contributed by atoms with Crippen molar-refractivity contribution < 1.29 is 18.3 Å². The second-order valence-electron chi connectivity index (χ2n) is 5.38. The molecule has 0 spiro atoms. The number of benzene rings is 2. The molecule has 1 atom stereocenters. The van der Waals surface area contributed by atoms with Gasteiger partial charge < -0.3 is 10.4 Å². The number of rotatable bonds is 5. The number of aliphatic hydroxyl groups is 1. The highest BCUT2D eigenvalue weighted by atomic mass is 32.2. The molecule has 0 heterocycles. The first-order valence-electron chi connectivity index (χ1n) is 7.11. The Morgan fingerprint density at radius 2 is 1.74 bits per heavy atom. The van der Waals surface area contributed by atoms with Crippen molar-refractivity contribution >= 4 is 15.7 Å². The number of hydrogen-bond acceptors (Lipinski definition) is 4. The van der Waals surface area contributed by atoms with E-state index >= 15 is 0 Å². The standard InChI is InChI=1S/C17H19NO4S/c1-12-5-3-4-6-15(12)16(19)11-18-17(20)13-7-9-14(10-8-13)23(2,21)22/h3-10,16,19H,11H2,1-2H3,(H,18,20)/t16-/m1/s1. The Morgan fingerprint density at radius 3 is 2.30 bits per heavy atom. The fourth-order valence-electron chi connectivity index (χ4n) is 2.22. The molecule has 0 aromatic heterocycles. The maximum absolute atomic E-state index is 12.1. The summed E-state index contributed by atoms with van der Waals surface area (Å²) in [5.41, 5.74) is 2.06. The van der Waals surface area contributed by atoms with Crippen LogP contribution >= 0.6 is 0 Å². The first-order valence-corrected chi connectivity index (χ1v) is 9.00. The molecular weight excluding hydrogens is 314 g/mol. The smallest absolute Gasteiger partial charge is 0.251 e. The third-order valence-corrected chi connectivity index (χ3v) is 4.68. The van der Waals surface area contributed by atoms with E-state index in [1.807, 2.05) is 31.2 Å². The van der Waals surface area contributed by atoms with Gasteiger partial charge in [0.2, 0.25) is 0 Å². The number of amides is 1. The van der Waals surface area contributed by atoms with Crippen LogP contribution in [0, 0.1) is 6.92 Å². The van der Waals surface area contributed by atoms with Crippen LogP contribution in [0.1, 0.15) is 27.6 Å². The Bertz CT molecular complexity index is 798. The zero-order valence-electron chi connectivity index (χ0n) is 13.0. The largest absolute Gasteiger partial charge is 0.387 e. The number of hydrogen-bond donors (Lipinski definition) is 2. The van der Waals surface area contributed by atoms with E-state index in [0.717, 1.165) is 17.4 Å². The lowest BCUT2D eigenvalue weighted by molar-refractivity contribution is 0.0916. The van der Waals surface area contributed by atoms with Gasteiger partial charge in [0, 0.05) is 18.4 Å². The molecule has 0 radical (unpaired) electrons. The minimum atomic E-state index is -3.28. The molecule has 0 aliphatic carbocycles. The van der Waals surface area contributed by atoms with Gasteiger partial charge in [-0.25, -0.2) is 8.42 Å². The summed E-state index contributed by atoms with van der Waals surface area (Å²) in [7, 11) is -3.28. The Balaban J connectivity index is 2.01. The maximum Gasteiger partial charge on any atom is 0.251 e. The molecule has 2 aromatic carbocycles. The lowest BCUT2D eigenvalue weighted by Gasteiger charge is -2.14. The van der Waals surface area contributed by atoms with Crippen molar-refractivity contribution in [1.82, 2.24) is 5.32 Å². The molecule has 6 heteroatoms. The summed E-state index contributed by atoms with van der Waals surface area (Å²) in [5, 5.41) is 12.8. The van der Waals surface area contributed by atoms with Crippen molar-refractivity contribution in [2.45, 2.75) is 17.9 Å². The van der Waals surface area contributed by atoms with Crippen molar-refractivity contribution in [2.75, 3.05) is 12.8 Å². The number of carbonyl (C=O) groups excluding carboxylic acids is 1. The van der Waals surface area contributed by atoms with Crippen LogP contribution in [-0.2, 0) is 9.84 Å². The van der Waals surface area contributed by atoms with Gasteiger partial charge in [0.1, 0.15) is 0 Å². The minimum absolute atomic E-state index is 0.0809. The van der Waals surface area contributed by atoms with Gasteiger partial charge in [0.25, 0.3) is 5.91 Å². The molecular formula is C17H19NO4S. The first-order chi connectivity index (χ1) is 10.8. The highest BCUT2D eigenvalue weighted by Gasteiger charge is 2.13. The molecule has 0 fully saturated rings. The summed E-state index contributed by atoms with van der Waals surface area (Å²) in [6, 6.07) is 13.1. The van der Waals surface area contributed by atoms with E-state index in [9.17, 15) is 18.3 Å². The second kappa shape index (κ2) is 6.93. The molecule has 2 rings (SSSR count). The number of aliphatic hydroxyl groups excluding tert-OH is 1. The van der Waals surface area contributed by atoms with Crippen LogP contribution in [0.15, 0.2) is 53.4 Å². The summed E-state index contributed by atoms with van der Waals surface area (Å²) in [4.78, 5) is 12.2. The van der Waals surface area contributed by atoms with Crippen LogP contribution in [0.4, 0.5) is 0 Å². The SMILES string of the molecule is Cc1ccccc1[C@H](O)CNC(=O)c1ccc(S(C)(=O)=O)cc1. The maximum atomic E-state index is 12.1. The molecule has 1 amide bonds. The zero-order valence-corrected chi connectivity index (χ0v) is 13.8. The minimum Gasteiger partial charge on any atom is -0.387 e. The topological polar surface area (TPSA) is 83.5 Å². The van der Waals surface area contributed by atoms with Crippen LogP contribution in [0.3, 0.4) is 0 Å². The first kappa shape index (κ1) is 17.2. The van der Waals surface area contributed by atoms with Crippen molar-refractivity contribution in [1.29, 1.82) is 0 Å².